The van der Waals surface area contributed by atoms with Gasteiger partial charge in [0.2, 0.25) is 0 Å². The Hall–Kier alpha value is -3.32. The molecule has 3 aromatic rings. The first-order valence-electron chi connectivity index (χ1n) is 9.89. The lowest BCUT2D eigenvalue weighted by atomic mass is 10.1. The summed E-state index contributed by atoms with van der Waals surface area (Å²) in [5, 5.41) is 9.48. The molecule has 0 saturated heterocycles. The van der Waals surface area contributed by atoms with E-state index < -0.39 is 11.7 Å². The van der Waals surface area contributed by atoms with E-state index in [-0.39, 0.29) is 17.4 Å². The summed E-state index contributed by atoms with van der Waals surface area (Å²) in [6.07, 6.45) is 0.661. The maximum atomic E-state index is 13.9. The Morgan fingerprint density at radius 2 is 1.71 bits per heavy atom. The molecule has 0 fully saturated rings. The van der Waals surface area contributed by atoms with Crippen LogP contribution in [0.15, 0.2) is 66.7 Å². The number of hydrogen-bond donors (Lipinski definition) is 3. The summed E-state index contributed by atoms with van der Waals surface area (Å²) in [6.45, 7) is 3.89. The molecule has 7 heteroatoms. The number of carbonyl (C=O) groups excluding carboxylic acids is 1. The number of benzene rings is 3. The van der Waals surface area contributed by atoms with Crippen molar-refractivity contribution in [1.29, 1.82) is 0 Å². The Morgan fingerprint density at radius 1 is 1.00 bits per heavy atom. The molecular formula is C24H23F2N3OS. The Kier molecular flexibility index (Phi) is 7.31. The quantitative estimate of drug-likeness (QED) is 0.423. The molecule has 1 amide bonds. The van der Waals surface area contributed by atoms with Gasteiger partial charge in [-0.2, -0.15) is 0 Å². The van der Waals surface area contributed by atoms with Crippen LogP contribution in [0.25, 0.3) is 0 Å². The summed E-state index contributed by atoms with van der Waals surface area (Å²) in [7, 11) is 0. The van der Waals surface area contributed by atoms with Crippen LogP contribution in [0.1, 0.15) is 41.4 Å². The van der Waals surface area contributed by atoms with E-state index in [1.54, 1.807) is 30.3 Å². The highest BCUT2D eigenvalue weighted by molar-refractivity contribution is 7.80. The molecule has 31 heavy (non-hydrogen) atoms. The van der Waals surface area contributed by atoms with Crippen LogP contribution in [0.3, 0.4) is 0 Å². The lowest BCUT2D eigenvalue weighted by molar-refractivity contribution is 0.102. The third-order valence-electron chi connectivity index (χ3n) is 4.83. The number of thiocarbonyl (C=S) groups is 1. The molecule has 1 atom stereocenters. The number of rotatable bonds is 6. The average Bonchev–Trinajstić information content (AvgIpc) is 2.75. The van der Waals surface area contributed by atoms with Crippen molar-refractivity contribution in [2.24, 2.45) is 0 Å². The van der Waals surface area contributed by atoms with E-state index in [1.807, 2.05) is 19.9 Å². The molecule has 0 aliphatic rings. The van der Waals surface area contributed by atoms with Crippen molar-refractivity contribution in [3.05, 3.63) is 95.1 Å². The van der Waals surface area contributed by atoms with Crippen LogP contribution in [-0.4, -0.2) is 11.0 Å². The number of halogens is 2. The topological polar surface area (TPSA) is 53.2 Å². The van der Waals surface area contributed by atoms with Gasteiger partial charge in [-0.05, 0) is 79.2 Å². The van der Waals surface area contributed by atoms with E-state index >= 15 is 0 Å². The van der Waals surface area contributed by atoms with Crippen LogP contribution in [0.4, 0.5) is 20.2 Å². The van der Waals surface area contributed by atoms with E-state index in [0.717, 1.165) is 16.8 Å². The van der Waals surface area contributed by atoms with E-state index in [9.17, 15) is 13.6 Å². The standard InChI is InChI=1S/C24H23F2N3OS/c1-3-16-14-19(28-24(31)27-15(2)17-8-10-18(25)11-9-17)12-13-22(16)29-23(30)20-6-4-5-7-21(20)26/h4-15H,3H2,1-2H3,(H,29,30)(H2,27,28,31). The van der Waals surface area contributed by atoms with Gasteiger partial charge in [-0.1, -0.05) is 31.2 Å². The molecule has 0 aliphatic carbocycles. The zero-order valence-corrected chi connectivity index (χ0v) is 18.0. The highest BCUT2D eigenvalue weighted by atomic mass is 32.1. The Bertz CT molecular complexity index is 1090. The number of amides is 1. The predicted molar refractivity (Wildman–Crippen MR) is 124 cm³/mol. The van der Waals surface area contributed by atoms with Crippen LogP contribution >= 0.6 is 12.2 Å². The van der Waals surface area contributed by atoms with E-state index in [4.69, 9.17) is 12.2 Å². The molecule has 0 aromatic heterocycles. The van der Waals surface area contributed by atoms with Gasteiger partial charge in [-0.25, -0.2) is 8.78 Å². The molecule has 0 radical (unpaired) electrons. The van der Waals surface area contributed by atoms with Gasteiger partial charge in [0.15, 0.2) is 5.11 Å². The Labute approximate surface area is 185 Å². The lowest BCUT2D eigenvalue weighted by Gasteiger charge is -2.18. The number of aryl methyl sites for hydroxylation is 1. The molecule has 0 aliphatic heterocycles. The second kappa shape index (κ2) is 10.1. The monoisotopic (exact) mass is 439 g/mol. The summed E-state index contributed by atoms with van der Waals surface area (Å²) in [4.78, 5) is 12.4. The summed E-state index contributed by atoms with van der Waals surface area (Å²) in [5.41, 5.74) is 3.14. The van der Waals surface area contributed by atoms with Crippen molar-refractivity contribution < 1.29 is 13.6 Å². The maximum Gasteiger partial charge on any atom is 0.258 e. The molecule has 3 N–H and O–H groups in total. The van der Waals surface area contributed by atoms with Crippen molar-refractivity contribution in [2.45, 2.75) is 26.3 Å². The Balaban J connectivity index is 1.66. The zero-order chi connectivity index (χ0) is 22.4. The van der Waals surface area contributed by atoms with Crippen LogP contribution < -0.4 is 16.0 Å². The lowest BCUT2D eigenvalue weighted by Crippen LogP contribution is -2.30. The van der Waals surface area contributed by atoms with Gasteiger partial charge >= 0.3 is 0 Å². The third-order valence-corrected chi connectivity index (χ3v) is 5.05. The Morgan fingerprint density at radius 3 is 2.39 bits per heavy atom. The van der Waals surface area contributed by atoms with E-state index in [0.29, 0.717) is 17.2 Å². The van der Waals surface area contributed by atoms with Crippen LogP contribution in [0, 0.1) is 11.6 Å². The molecule has 3 aromatic carbocycles. The molecular weight excluding hydrogens is 416 g/mol. The van der Waals surface area contributed by atoms with E-state index in [1.165, 1.54) is 30.3 Å². The first-order valence-corrected chi connectivity index (χ1v) is 10.3. The molecule has 0 bridgehead atoms. The largest absolute Gasteiger partial charge is 0.356 e. The van der Waals surface area contributed by atoms with Crippen molar-refractivity contribution in [1.82, 2.24) is 5.32 Å². The highest BCUT2D eigenvalue weighted by Crippen LogP contribution is 2.23. The second-order valence-electron chi connectivity index (χ2n) is 7.03. The van der Waals surface area contributed by atoms with Crippen LogP contribution in [0.5, 0.6) is 0 Å². The number of carbonyl (C=O) groups is 1. The molecule has 4 nitrogen and oxygen atoms in total. The van der Waals surface area contributed by atoms with Gasteiger partial charge in [-0.15, -0.1) is 0 Å². The molecule has 3 rings (SSSR count). The third kappa shape index (κ3) is 5.86. The molecule has 1 unspecified atom stereocenters. The molecule has 0 saturated carbocycles. The summed E-state index contributed by atoms with van der Waals surface area (Å²) in [6, 6.07) is 17.4. The predicted octanol–water partition coefficient (Wildman–Crippen LogP) is 5.83. The average molecular weight is 440 g/mol. The summed E-state index contributed by atoms with van der Waals surface area (Å²) >= 11 is 5.39. The fraction of sp³-hybridized carbons (Fsp3) is 0.167. The van der Waals surface area contributed by atoms with Crippen molar-refractivity contribution in [3.8, 4) is 0 Å². The highest BCUT2D eigenvalue weighted by Gasteiger charge is 2.13. The van der Waals surface area contributed by atoms with Crippen molar-refractivity contribution in [2.75, 3.05) is 10.6 Å². The van der Waals surface area contributed by atoms with Gasteiger partial charge in [0.1, 0.15) is 11.6 Å². The normalized spacial score (nSPS) is 11.5. The van der Waals surface area contributed by atoms with Crippen molar-refractivity contribution >= 4 is 34.6 Å². The first-order chi connectivity index (χ1) is 14.9. The van der Waals surface area contributed by atoms with Gasteiger partial charge < -0.3 is 16.0 Å². The summed E-state index contributed by atoms with van der Waals surface area (Å²) in [5.74, 6) is -1.35. The van der Waals surface area contributed by atoms with E-state index in [2.05, 4.69) is 16.0 Å². The minimum atomic E-state index is -0.567. The van der Waals surface area contributed by atoms with Gasteiger partial charge in [0.05, 0.1) is 11.6 Å². The SMILES string of the molecule is CCc1cc(NC(=S)NC(C)c2ccc(F)cc2)ccc1NC(=O)c1ccccc1F. The summed E-state index contributed by atoms with van der Waals surface area (Å²) < 4.78 is 27.0. The fourth-order valence-corrected chi connectivity index (χ4v) is 3.41. The molecule has 0 spiro atoms. The first kappa shape index (κ1) is 22.4. The van der Waals surface area contributed by atoms with Crippen LogP contribution in [-0.2, 0) is 6.42 Å². The molecule has 0 heterocycles. The fourth-order valence-electron chi connectivity index (χ4n) is 3.12. The van der Waals surface area contributed by atoms with Gasteiger partial charge in [-0.3, -0.25) is 4.79 Å². The molecule has 160 valence electrons. The zero-order valence-electron chi connectivity index (χ0n) is 17.2. The van der Waals surface area contributed by atoms with Crippen molar-refractivity contribution in [3.63, 3.8) is 0 Å². The second-order valence-corrected chi connectivity index (χ2v) is 7.44. The number of anilines is 2. The smallest absolute Gasteiger partial charge is 0.258 e. The van der Waals surface area contributed by atoms with Gasteiger partial charge in [0, 0.05) is 11.4 Å². The minimum Gasteiger partial charge on any atom is -0.356 e. The number of nitrogens with one attached hydrogen (secondary N) is 3. The van der Waals surface area contributed by atoms with Gasteiger partial charge in [0.25, 0.3) is 5.91 Å². The van der Waals surface area contributed by atoms with Crippen LogP contribution in [0.2, 0.25) is 0 Å². The minimum absolute atomic E-state index is 0.00749. The maximum absolute atomic E-state index is 13.9. The number of hydrogen-bond acceptors (Lipinski definition) is 2.